The number of hydrogen-bond donors (Lipinski definition) is 1. The minimum Gasteiger partial charge on any atom is -0.385 e. The van der Waals surface area contributed by atoms with Crippen LogP contribution in [0.1, 0.15) is 50.2 Å². The highest BCUT2D eigenvalue weighted by Gasteiger charge is 2.37. The lowest BCUT2D eigenvalue weighted by Crippen LogP contribution is -2.33. The van der Waals surface area contributed by atoms with Crippen molar-refractivity contribution < 1.29 is 18.3 Å². The molecule has 1 aromatic carbocycles. The van der Waals surface area contributed by atoms with Crippen LogP contribution in [0.4, 0.5) is 13.2 Å². The SMILES string of the molecule is CC(O)(c1cccc(C(F)(F)F)c1)C1CCCCC1. The Balaban J connectivity index is 2.29. The van der Waals surface area contributed by atoms with Crippen molar-refractivity contribution in [1.29, 1.82) is 0 Å². The molecule has 0 amide bonds. The van der Waals surface area contributed by atoms with E-state index in [0.29, 0.717) is 5.56 Å². The van der Waals surface area contributed by atoms with Gasteiger partial charge in [-0.1, -0.05) is 31.4 Å². The van der Waals surface area contributed by atoms with E-state index in [1.54, 1.807) is 13.0 Å². The molecule has 0 heterocycles. The zero-order valence-electron chi connectivity index (χ0n) is 11.0. The van der Waals surface area contributed by atoms with Gasteiger partial charge in [0.25, 0.3) is 0 Å². The summed E-state index contributed by atoms with van der Waals surface area (Å²) in [5.41, 5.74) is -1.50. The Kier molecular flexibility index (Phi) is 3.90. The topological polar surface area (TPSA) is 20.2 Å². The molecule has 1 nitrogen and oxygen atoms in total. The smallest absolute Gasteiger partial charge is 0.385 e. The maximum atomic E-state index is 12.7. The van der Waals surface area contributed by atoms with Crippen molar-refractivity contribution in [2.45, 2.75) is 50.8 Å². The third kappa shape index (κ3) is 3.11. The van der Waals surface area contributed by atoms with Crippen LogP contribution in [-0.4, -0.2) is 5.11 Å². The molecule has 1 saturated carbocycles. The lowest BCUT2D eigenvalue weighted by Gasteiger charge is -2.36. The van der Waals surface area contributed by atoms with Crippen LogP contribution in [0.15, 0.2) is 24.3 Å². The van der Waals surface area contributed by atoms with Crippen LogP contribution in [0.5, 0.6) is 0 Å². The number of rotatable bonds is 2. The number of alkyl halides is 3. The van der Waals surface area contributed by atoms with Gasteiger partial charge in [0.15, 0.2) is 0 Å². The van der Waals surface area contributed by atoms with E-state index in [2.05, 4.69) is 0 Å². The van der Waals surface area contributed by atoms with E-state index in [1.165, 1.54) is 6.07 Å². The van der Waals surface area contributed by atoms with Crippen molar-refractivity contribution in [2.24, 2.45) is 5.92 Å². The van der Waals surface area contributed by atoms with E-state index in [4.69, 9.17) is 0 Å². The molecular weight excluding hydrogens is 253 g/mol. The molecule has 1 atom stereocenters. The Labute approximate surface area is 111 Å². The molecule has 0 aromatic heterocycles. The highest BCUT2D eigenvalue weighted by atomic mass is 19.4. The van der Waals surface area contributed by atoms with Gasteiger partial charge in [0.1, 0.15) is 0 Å². The molecule has 0 saturated heterocycles. The summed E-state index contributed by atoms with van der Waals surface area (Å²) >= 11 is 0. The Hall–Kier alpha value is -1.03. The van der Waals surface area contributed by atoms with Gasteiger partial charge in [-0.3, -0.25) is 0 Å². The lowest BCUT2D eigenvalue weighted by molar-refractivity contribution is -0.137. The molecule has 1 N–H and O–H groups in total. The Bertz CT molecular complexity index is 431. The first-order chi connectivity index (χ1) is 8.82. The van der Waals surface area contributed by atoms with Gasteiger partial charge >= 0.3 is 6.18 Å². The van der Waals surface area contributed by atoms with E-state index in [-0.39, 0.29) is 5.92 Å². The van der Waals surface area contributed by atoms with E-state index in [1.807, 2.05) is 0 Å². The normalized spacial score (nSPS) is 21.1. The van der Waals surface area contributed by atoms with E-state index in [9.17, 15) is 18.3 Å². The van der Waals surface area contributed by atoms with Gasteiger partial charge in [-0.2, -0.15) is 13.2 Å². The van der Waals surface area contributed by atoms with Crippen LogP contribution in [0.3, 0.4) is 0 Å². The molecule has 1 unspecified atom stereocenters. The quantitative estimate of drug-likeness (QED) is 0.840. The maximum absolute atomic E-state index is 12.7. The van der Waals surface area contributed by atoms with E-state index < -0.39 is 17.3 Å². The fourth-order valence-corrected chi connectivity index (χ4v) is 2.91. The number of hydrogen-bond acceptors (Lipinski definition) is 1. The van der Waals surface area contributed by atoms with E-state index in [0.717, 1.165) is 44.2 Å². The van der Waals surface area contributed by atoms with Gasteiger partial charge in [-0.15, -0.1) is 0 Å². The molecular formula is C15H19F3O. The summed E-state index contributed by atoms with van der Waals surface area (Å²) < 4.78 is 38.1. The van der Waals surface area contributed by atoms with Crippen molar-refractivity contribution in [3.8, 4) is 0 Å². The average molecular weight is 272 g/mol. The molecule has 4 heteroatoms. The highest BCUT2D eigenvalue weighted by Crippen LogP contribution is 2.40. The highest BCUT2D eigenvalue weighted by molar-refractivity contribution is 5.30. The van der Waals surface area contributed by atoms with Crippen LogP contribution in [0, 0.1) is 5.92 Å². The first kappa shape index (κ1) is 14.4. The molecule has 106 valence electrons. The molecule has 0 radical (unpaired) electrons. The molecule has 1 aliphatic carbocycles. The monoisotopic (exact) mass is 272 g/mol. The first-order valence-corrected chi connectivity index (χ1v) is 6.72. The second-order valence-electron chi connectivity index (χ2n) is 5.56. The second-order valence-corrected chi connectivity index (χ2v) is 5.56. The maximum Gasteiger partial charge on any atom is 0.416 e. The summed E-state index contributed by atoms with van der Waals surface area (Å²) in [6.07, 6.45) is 0.625. The molecule has 0 aliphatic heterocycles. The molecule has 19 heavy (non-hydrogen) atoms. The third-order valence-corrected chi connectivity index (χ3v) is 4.17. The minimum atomic E-state index is -4.36. The van der Waals surface area contributed by atoms with Gasteiger partial charge in [0, 0.05) is 0 Å². The predicted molar refractivity (Wildman–Crippen MR) is 67.6 cm³/mol. The van der Waals surface area contributed by atoms with E-state index >= 15 is 0 Å². The predicted octanol–water partition coefficient (Wildman–Crippen LogP) is 4.49. The Morgan fingerprint density at radius 2 is 1.63 bits per heavy atom. The van der Waals surface area contributed by atoms with Crippen LogP contribution >= 0.6 is 0 Å². The van der Waals surface area contributed by atoms with Crippen molar-refractivity contribution in [1.82, 2.24) is 0 Å². The average Bonchev–Trinajstić information content (AvgIpc) is 2.39. The minimum absolute atomic E-state index is 0.0460. The largest absolute Gasteiger partial charge is 0.416 e. The lowest BCUT2D eigenvalue weighted by atomic mass is 9.74. The Morgan fingerprint density at radius 1 is 1.05 bits per heavy atom. The molecule has 2 rings (SSSR count). The summed E-state index contributed by atoms with van der Waals surface area (Å²) in [7, 11) is 0. The fraction of sp³-hybridized carbons (Fsp3) is 0.600. The van der Waals surface area contributed by atoms with Crippen LogP contribution in [-0.2, 0) is 11.8 Å². The molecule has 1 fully saturated rings. The number of benzene rings is 1. The van der Waals surface area contributed by atoms with Gasteiger partial charge in [0.2, 0.25) is 0 Å². The van der Waals surface area contributed by atoms with Gasteiger partial charge in [-0.25, -0.2) is 0 Å². The molecule has 0 spiro atoms. The summed E-state index contributed by atoms with van der Waals surface area (Å²) in [5.74, 6) is 0.0460. The van der Waals surface area contributed by atoms with Crippen LogP contribution in [0.25, 0.3) is 0 Å². The zero-order valence-corrected chi connectivity index (χ0v) is 11.0. The summed E-state index contributed by atoms with van der Waals surface area (Å²) in [6.45, 7) is 1.64. The van der Waals surface area contributed by atoms with Crippen LogP contribution in [0.2, 0.25) is 0 Å². The zero-order chi connectivity index (χ0) is 14.1. The van der Waals surface area contributed by atoms with Gasteiger partial charge < -0.3 is 5.11 Å². The molecule has 1 aliphatic rings. The molecule has 1 aromatic rings. The summed E-state index contributed by atoms with van der Waals surface area (Å²) in [5, 5.41) is 10.6. The first-order valence-electron chi connectivity index (χ1n) is 6.72. The second kappa shape index (κ2) is 5.16. The standard InChI is InChI=1S/C15H19F3O/c1-14(19,11-6-3-2-4-7-11)12-8-5-9-13(10-12)15(16,17)18/h5,8-11,19H,2-4,6-7H2,1H3. The summed E-state index contributed by atoms with van der Waals surface area (Å²) in [6, 6.07) is 5.08. The van der Waals surface area contributed by atoms with Crippen LogP contribution < -0.4 is 0 Å². The van der Waals surface area contributed by atoms with Gasteiger partial charge in [0.05, 0.1) is 11.2 Å². The molecule has 0 bridgehead atoms. The number of halogens is 3. The van der Waals surface area contributed by atoms with Crippen molar-refractivity contribution in [3.63, 3.8) is 0 Å². The third-order valence-electron chi connectivity index (χ3n) is 4.17. The van der Waals surface area contributed by atoms with Crippen molar-refractivity contribution in [3.05, 3.63) is 35.4 Å². The van der Waals surface area contributed by atoms with Crippen molar-refractivity contribution >= 4 is 0 Å². The fourth-order valence-electron chi connectivity index (χ4n) is 2.91. The van der Waals surface area contributed by atoms with Gasteiger partial charge in [-0.05, 0) is 43.4 Å². The van der Waals surface area contributed by atoms with Crippen molar-refractivity contribution in [2.75, 3.05) is 0 Å². The summed E-state index contributed by atoms with van der Waals surface area (Å²) in [4.78, 5) is 0. The number of aliphatic hydroxyl groups is 1. The Morgan fingerprint density at radius 3 is 2.21 bits per heavy atom.